The van der Waals surface area contributed by atoms with Crippen molar-refractivity contribution in [2.75, 3.05) is 39.4 Å². The normalized spacial score (nSPS) is 16.1. The maximum absolute atomic E-state index is 12.1. The van der Waals surface area contributed by atoms with Crippen molar-refractivity contribution in [2.45, 2.75) is 13.8 Å². The standard InChI is InChI=1S/C14H20N2O4/c1-10-9-12(17)20-11(2)13(10)14(18)15-3-4-16-5-7-19-8-6-16/h9H,3-8H2,1-2H3,(H,15,18)/p+1. The molecule has 6 heteroatoms. The third-order valence-electron chi connectivity index (χ3n) is 3.53. The summed E-state index contributed by atoms with van der Waals surface area (Å²) in [4.78, 5) is 24.8. The summed E-state index contributed by atoms with van der Waals surface area (Å²) in [5.74, 6) is 0.183. The van der Waals surface area contributed by atoms with Gasteiger partial charge < -0.3 is 19.4 Å². The van der Waals surface area contributed by atoms with Crippen molar-refractivity contribution in [3.63, 3.8) is 0 Å². The highest BCUT2D eigenvalue weighted by atomic mass is 16.5. The molecule has 0 spiro atoms. The van der Waals surface area contributed by atoms with Crippen molar-refractivity contribution in [1.29, 1.82) is 0 Å². The highest BCUT2D eigenvalue weighted by Crippen LogP contribution is 2.10. The lowest BCUT2D eigenvalue weighted by molar-refractivity contribution is -0.906. The van der Waals surface area contributed by atoms with Crippen molar-refractivity contribution in [3.8, 4) is 0 Å². The van der Waals surface area contributed by atoms with E-state index in [2.05, 4.69) is 5.32 Å². The Morgan fingerprint density at radius 1 is 1.35 bits per heavy atom. The molecule has 0 radical (unpaired) electrons. The molecule has 0 bridgehead atoms. The first-order valence-electron chi connectivity index (χ1n) is 6.89. The number of hydrogen-bond acceptors (Lipinski definition) is 4. The smallest absolute Gasteiger partial charge is 0.336 e. The molecule has 1 aliphatic heterocycles. The Morgan fingerprint density at radius 3 is 2.70 bits per heavy atom. The number of quaternary nitrogens is 1. The minimum absolute atomic E-state index is 0.184. The van der Waals surface area contributed by atoms with Crippen LogP contribution in [0.25, 0.3) is 0 Å². The molecule has 110 valence electrons. The molecule has 1 aromatic heterocycles. The Kier molecular flexibility index (Phi) is 4.92. The predicted molar refractivity (Wildman–Crippen MR) is 73.2 cm³/mol. The van der Waals surface area contributed by atoms with Crippen molar-refractivity contribution < 1.29 is 18.8 Å². The van der Waals surface area contributed by atoms with E-state index in [-0.39, 0.29) is 5.91 Å². The van der Waals surface area contributed by atoms with Gasteiger partial charge in [-0.3, -0.25) is 4.79 Å². The van der Waals surface area contributed by atoms with Crippen molar-refractivity contribution >= 4 is 5.91 Å². The molecule has 0 saturated carbocycles. The fourth-order valence-corrected chi connectivity index (χ4v) is 2.45. The zero-order valence-corrected chi connectivity index (χ0v) is 12.0. The van der Waals surface area contributed by atoms with E-state index in [4.69, 9.17) is 9.15 Å². The number of rotatable bonds is 4. The summed E-state index contributed by atoms with van der Waals surface area (Å²) in [6.07, 6.45) is 0. The molecule has 1 aliphatic rings. The molecule has 1 saturated heterocycles. The number of ether oxygens (including phenoxy) is 1. The van der Waals surface area contributed by atoms with Gasteiger partial charge in [-0.05, 0) is 19.4 Å². The van der Waals surface area contributed by atoms with E-state index in [1.165, 1.54) is 11.0 Å². The summed E-state index contributed by atoms with van der Waals surface area (Å²) < 4.78 is 10.3. The van der Waals surface area contributed by atoms with Crippen LogP contribution >= 0.6 is 0 Å². The van der Waals surface area contributed by atoms with E-state index in [0.717, 1.165) is 32.8 Å². The number of carbonyl (C=O) groups is 1. The van der Waals surface area contributed by atoms with Crippen molar-refractivity contribution in [2.24, 2.45) is 0 Å². The van der Waals surface area contributed by atoms with E-state index < -0.39 is 5.63 Å². The van der Waals surface area contributed by atoms with Gasteiger partial charge in [-0.25, -0.2) is 4.79 Å². The maximum atomic E-state index is 12.1. The fourth-order valence-electron chi connectivity index (χ4n) is 2.45. The first-order chi connectivity index (χ1) is 9.58. The van der Waals surface area contributed by atoms with Crippen LogP contribution in [0, 0.1) is 13.8 Å². The minimum atomic E-state index is -0.422. The van der Waals surface area contributed by atoms with E-state index in [1.807, 2.05) is 0 Å². The first-order valence-corrected chi connectivity index (χ1v) is 6.89. The molecule has 1 amide bonds. The molecule has 2 rings (SSSR count). The summed E-state index contributed by atoms with van der Waals surface area (Å²) in [5, 5.41) is 2.88. The minimum Gasteiger partial charge on any atom is -0.427 e. The topological polar surface area (TPSA) is 73.0 Å². The van der Waals surface area contributed by atoms with Gasteiger partial charge in [0, 0.05) is 6.07 Å². The Bertz CT molecular complexity index is 506. The van der Waals surface area contributed by atoms with Gasteiger partial charge in [-0.2, -0.15) is 0 Å². The second-order valence-corrected chi connectivity index (χ2v) is 5.05. The second kappa shape index (κ2) is 6.67. The van der Waals surface area contributed by atoms with Gasteiger partial charge in [0.1, 0.15) is 18.8 Å². The van der Waals surface area contributed by atoms with E-state index >= 15 is 0 Å². The molecule has 6 nitrogen and oxygen atoms in total. The monoisotopic (exact) mass is 281 g/mol. The van der Waals surface area contributed by atoms with Crippen molar-refractivity contribution in [1.82, 2.24) is 5.32 Å². The summed E-state index contributed by atoms with van der Waals surface area (Å²) in [7, 11) is 0. The van der Waals surface area contributed by atoms with Gasteiger partial charge in [0.2, 0.25) is 0 Å². The van der Waals surface area contributed by atoms with Gasteiger partial charge in [-0.15, -0.1) is 0 Å². The number of morpholine rings is 1. The fraction of sp³-hybridized carbons (Fsp3) is 0.571. The van der Waals surface area contributed by atoms with Crippen LogP contribution in [0.5, 0.6) is 0 Å². The molecular weight excluding hydrogens is 260 g/mol. The van der Waals surface area contributed by atoms with Gasteiger partial charge in [-0.1, -0.05) is 0 Å². The molecule has 2 heterocycles. The first kappa shape index (κ1) is 14.7. The summed E-state index contributed by atoms with van der Waals surface area (Å²) in [5.41, 5.74) is 0.686. The van der Waals surface area contributed by atoms with Gasteiger partial charge >= 0.3 is 5.63 Å². The van der Waals surface area contributed by atoms with Crippen LogP contribution in [0.15, 0.2) is 15.3 Å². The van der Waals surface area contributed by atoms with Crippen LogP contribution in [-0.4, -0.2) is 45.3 Å². The van der Waals surface area contributed by atoms with E-state index in [1.54, 1.807) is 13.8 Å². The zero-order valence-electron chi connectivity index (χ0n) is 12.0. The lowest BCUT2D eigenvalue weighted by Crippen LogP contribution is -3.14. The number of nitrogens with one attached hydrogen (secondary N) is 2. The predicted octanol–water partition coefficient (Wildman–Crippen LogP) is -1.10. The van der Waals surface area contributed by atoms with Gasteiger partial charge in [0.05, 0.1) is 31.9 Å². The quantitative estimate of drug-likeness (QED) is 0.735. The Morgan fingerprint density at radius 2 is 2.05 bits per heavy atom. The summed E-state index contributed by atoms with van der Waals surface area (Å²) in [6, 6.07) is 1.34. The Labute approximate surface area is 117 Å². The summed E-state index contributed by atoms with van der Waals surface area (Å²) in [6.45, 7) is 8.39. The van der Waals surface area contributed by atoms with Crippen LogP contribution in [0.3, 0.4) is 0 Å². The second-order valence-electron chi connectivity index (χ2n) is 5.05. The number of carbonyl (C=O) groups excluding carboxylic acids is 1. The highest BCUT2D eigenvalue weighted by Gasteiger charge is 2.17. The van der Waals surface area contributed by atoms with Crippen molar-refractivity contribution in [3.05, 3.63) is 33.4 Å². The Balaban J connectivity index is 1.90. The molecule has 0 unspecified atom stereocenters. The lowest BCUT2D eigenvalue weighted by atomic mass is 10.1. The lowest BCUT2D eigenvalue weighted by Gasteiger charge is -2.23. The van der Waals surface area contributed by atoms with Crippen LogP contribution in [0.4, 0.5) is 0 Å². The maximum Gasteiger partial charge on any atom is 0.336 e. The molecule has 1 aromatic rings. The third-order valence-corrected chi connectivity index (χ3v) is 3.53. The number of aryl methyl sites for hydroxylation is 2. The van der Waals surface area contributed by atoms with Crippen LogP contribution in [-0.2, 0) is 4.74 Å². The van der Waals surface area contributed by atoms with Gasteiger partial charge in [0.15, 0.2) is 0 Å². The van der Waals surface area contributed by atoms with E-state index in [0.29, 0.717) is 23.4 Å². The Hall–Kier alpha value is -1.66. The average molecular weight is 281 g/mol. The molecule has 20 heavy (non-hydrogen) atoms. The molecule has 1 fully saturated rings. The summed E-state index contributed by atoms with van der Waals surface area (Å²) >= 11 is 0. The van der Waals surface area contributed by atoms with Crippen LogP contribution < -0.4 is 15.8 Å². The van der Waals surface area contributed by atoms with E-state index in [9.17, 15) is 9.59 Å². The molecule has 2 N–H and O–H groups in total. The molecule has 0 aliphatic carbocycles. The molecule has 0 aromatic carbocycles. The SMILES string of the molecule is Cc1cc(=O)oc(C)c1C(=O)NCC[NH+]1CCOCC1. The van der Waals surface area contributed by atoms with Gasteiger partial charge in [0.25, 0.3) is 5.91 Å². The van der Waals surface area contributed by atoms with Crippen LogP contribution in [0.2, 0.25) is 0 Å². The largest absolute Gasteiger partial charge is 0.427 e. The number of hydrogen-bond donors (Lipinski definition) is 2. The average Bonchev–Trinajstić information content (AvgIpc) is 2.38. The number of amides is 1. The molecule has 0 atom stereocenters. The van der Waals surface area contributed by atoms with Crippen LogP contribution in [0.1, 0.15) is 21.7 Å². The zero-order chi connectivity index (χ0) is 14.5. The molecular formula is C14H21N2O4+. The highest BCUT2D eigenvalue weighted by molar-refractivity contribution is 5.96. The third kappa shape index (κ3) is 3.68.